The molecule has 0 aliphatic carbocycles. The highest BCUT2D eigenvalue weighted by Crippen LogP contribution is 2.36. The Morgan fingerprint density at radius 3 is 2.88 bits per heavy atom. The van der Waals surface area contributed by atoms with Crippen LogP contribution in [0, 0.1) is 0 Å². The number of fused-ring (bicyclic) bond motifs is 1. The summed E-state index contributed by atoms with van der Waals surface area (Å²) in [6, 6.07) is 12.6. The summed E-state index contributed by atoms with van der Waals surface area (Å²) in [5.41, 5.74) is 2.95. The minimum Gasteiger partial charge on any atom is -0.506 e. The lowest BCUT2D eigenvalue weighted by atomic mass is 10.00. The van der Waals surface area contributed by atoms with Crippen molar-refractivity contribution in [3.05, 3.63) is 66.0 Å². The Kier molecular flexibility index (Phi) is 3.49. The summed E-state index contributed by atoms with van der Waals surface area (Å²) in [5.74, 6) is 0.0207. The molecule has 0 bridgehead atoms. The van der Waals surface area contributed by atoms with Crippen LogP contribution >= 0.6 is 0 Å². The fraction of sp³-hybridized carbons (Fsp3) is 0.167. The summed E-state index contributed by atoms with van der Waals surface area (Å²) < 4.78 is 1.61. The van der Waals surface area contributed by atoms with Crippen LogP contribution in [0.2, 0.25) is 0 Å². The smallest absolute Gasteiger partial charge is 0.258 e. The van der Waals surface area contributed by atoms with Crippen LogP contribution in [0.25, 0.3) is 5.69 Å². The number of hydrogen-bond acceptors (Lipinski definition) is 4. The Hall–Kier alpha value is -3.15. The van der Waals surface area contributed by atoms with Crippen LogP contribution in [0.4, 0.5) is 5.69 Å². The third-order valence-electron chi connectivity index (χ3n) is 4.22. The van der Waals surface area contributed by atoms with Crippen LogP contribution in [0.5, 0.6) is 5.75 Å². The van der Waals surface area contributed by atoms with Crippen LogP contribution in [-0.2, 0) is 6.42 Å². The molecule has 0 radical (unpaired) electrons. The van der Waals surface area contributed by atoms with E-state index in [2.05, 4.69) is 10.3 Å². The summed E-state index contributed by atoms with van der Waals surface area (Å²) in [5, 5.41) is 18.0. The van der Waals surface area contributed by atoms with Gasteiger partial charge in [0.2, 0.25) is 0 Å². The van der Waals surface area contributed by atoms with Gasteiger partial charge in [0.25, 0.3) is 5.91 Å². The lowest BCUT2D eigenvalue weighted by Crippen LogP contribution is -2.35. The number of rotatable bonds is 2. The van der Waals surface area contributed by atoms with E-state index in [1.54, 1.807) is 40.2 Å². The number of phenols is 1. The predicted molar refractivity (Wildman–Crippen MR) is 89.5 cm³/mol. The van der Waals surface area contributed by atoms with Crippen LogP contribution < -0.4 is 4.90 Å². The molecule has 1 aliphatic rings. The van der Waals surface area contributed by atoms with E-state index in [-0.39, 0.29) is 11.7 Å². The van der Waals surface area contributed by atoms with E-state index in [1.807, 2.05) is 24.3 Å². The van der Waals surface area contributed by atoms with Crippen LogP contribution in [0.15, 0.2) is 54.9 Å². The third kappa shape index (κ3) is 2.42. The quantitative estimate of drug-likeness (QED) is 0.788. The summed E-state index contributed by atoms with van der Waals surface area (Å²) in [6.07, 6.45) is 5.07. The van der Waals surface area contributed by atoms with Crippen LogP contribution in [0.3, 0.4) is 0 Å². The molecule has 0 spiro atoms. The largest absolute Gasteiger partial charge is 0.506 e. The molecule has 0 saturated heterocycles. The molecular formula is C18H16N4O2. The van der Waals surface area contributed by atoms with Gasteiger partial charge in [-0.2, -0.15) is 0 Å². The maximum absolute atomic E-state index is 13.0. The number of anilines is 1. The van der Waals surface area contributed by atoms with Gasteiger partial charge in [0.05, 0.1) is 23.8 Å². The van der Waals surface area contributed by atoms with Crippen molar-refractivity contribution in [1.29, 1.82) is 0 Å². The predicted octanol–water partition coefficient (Wildman–Crippen LogP) is 2.57. The minimum absolute atomic E-state index is 0.126. The van der Waals surface area contributed by atoms with Gasteiger partial charge < -0.3 is 10.0 Å². The average Bonchev–Trinajstić information content (AvgIpc) is 3.16. The van der Waals surface area contributed by atoms with Crippen molar-refractivity contribution >= 4 is 11.6 Å². The molecule has 24 heavy (non-hydrogen) atoms. The number of carbonyl (C=O) groups excluding carboxylic acids is 1. The highest BCUT2D eigenvalue weighted by Gasteiger charge is 2.26. The number of aromatic nitrogens is 3. The maximum Gasteiger partial charge on any atom is 0.258 e. The first-order chi connectivity index (χ1) is 11.7. The molecule has 3 aromatic rings. The maximum atomic E-state index is 13.0. The van der Waals surface area contributed by atoms with Gasteiger partial charge in [-0.15, -0.1) is 5.10 Å². The number of hydrogen-bond donors (Lipinski definition) is 1. The molecule has 4 rings (SSSR count). The van der Waals surface area contributed by atoms with Crippen molar-refractivity contribution in [2.45, 2.75) is 12.8 Å². The van der Waals surface area contributed by atoms with E-state index in [4.69, 9.17) is 0 Å². The molecule has 0 atom stereocenters. The molecule has 6 heteroatoms. The molecule has 2 aromatic carbocycles. The molecular weight excluding hydrogens is 304 g/mol. The lowest BCUT2D eigenvalue weighted by molar-refractivity contribution is 0.0984. The van der Waals surface area contributed by atoms with E-state index in [9.17, 15) is 9.90 Å². The summed E-state index contributed by atoms with van der Waals surface area (Å²) in [7, 11) is 0. The zero-order valence-electron chi connectivity index (χ0n) is 13.0. The number of carbonyl (C=O) groups is 1. The number of aryl methyl sites for hydroxylation is 1. The molecule has 6 nitrogen and oxygen atoms in total. The Balaban J connectivity index is 1.72. The van der Waals surface area contributed by atoms with E-state index in [0.717, 1.165) is 24.1 Å². The second kappa shape index (κ2) is 5.81. The minimum atomic E-state index is -0.126. The van der Waals surface area contributed by atoms with Gasteiger partial charge in [-0.25, -0.2) is 4.68 Å². The second-order valence-electron chi connectivity index (χ2n) is 5.74. The number of phenolic OH excluding ortho intramolecular Hbond substituents is 1. The van der Waals surface area contributed by atoms with Gasteiger partial charge >= 0.3 is 0 Å². The molecule has 1 amide bonds. The summed E-state index contributed by atoms with van der Waals surface area (Å²) in [4.78, 5) is 14.7. The van der Waals surface area contributed by atoms with Crippen molar-refractivity contribution in [2.75, 3.05) is 11.4 Å². The lowest BCUT2D eigenvalue weighted by Gasteiger charge is -2.30. The number of para-hydroxylation sites is 1. The number of amides is 1. The Bertz CT molecular complexity index is 890. The van der Waals surface area contributed by atoms with E-state index in [0.29, 0.717) is 17.8 Å². The van der Waals surface area contributed by atoms with Crippen LogP contribution in [0.1, 0.15) is 22.3 Å². The van der Waals surface area contributed by atoms with Crippen LogP contribution in [-0.4, -0.2) is 32.6 Å². The Morgan fingerprint density at radius 1 is 1.17 bits per heavy atom. The van der Waals surface area contributed by atoms with Gasteiger partial charge in [0.15, 0.2) is 0 Å². The first-order valence-corrected chi connectivity index (χ1v) is 7.83. The van der Waals surface area contributed by atoms with Gasteiger partial charge in [-0.1, -0.05) is 23.4 Å². The SMILES string of the molecule is O=C(c1cccc(-n2ccnn2)c1)N1CCCc2cccc(O)c21. The first-order valence-electron chi connectivity index (χ1n) is 7.83. The van der Waals surface area contributed by atoms with Gasteiger partial charge in [0.1, 0.15) is 5.75 Å². The second-order valence-corrected chi connectivity index (χ2v) is 5.74. The Labute approximate surface area is 139 Å². The first kappa shape index (κ1) is 14.4. The molecule has 0 saturated carbocycles. The zero-order valence-corrected chi connectivity index (χ0v) is 13.0. The van der Waals surface area contributed by atoms with Gasteiger partial charge in [-0.3, -0.25) is 4.79 Å². The van der Waals surface area contributed by atoms with Crippen molar-refractivity contribution < 1.29 is 9.90 Å². The van der Waals surface area contributed by atoms with Crippen molar-refractivity contribution in [3.8, 4) is 11.4 Å². The number of nitrogens with zero attached hydrogens (tertiary/aromatic N) is 4. The number of aromatic hydroxyl groups is 1. The number of benzene rings is 2. The summed E-state index contributed by atoms with van der Waals surface area (Å²) in [6.45, 7) is 0.594. The molecule has 120 valence electrons. The van der Waals surface area contributed by atoms with E-state index >= 15 is 0 Å². The fourth-order valence-electron chi connectivity index (χ4n) is 3.12. The standard InChI is InChI=1S/C18H16N4O2/c23-16-8-2-4-13-6-3-10-21(17(13)16)18(24)14-5-1-7-15(12-14)22-11-9-19-20-22/h1-2,4-5,7-9,11-12,23H,3,6,10H2. The molecule has 0 unspecified atom stereocenters. The highest BCUT2D eigenvalue weighted by molar-refractivity contribution is 6.07. The molecule has 1 aromatic heterocycles. The molecule has 1 aliphatic heterocycles. The molecule has 0 fully saturated rings. The van der Waals surface area contributed by atoms with Gasteiger partial charge in [-0.05, 0) is 42.7 Å². The molecule has 1 N–H and O–H groups in total. The zero-order chi connectivity index (χ0) is 16.5. The molecule has 2 heterocycles. The van der Waals surface area contributed by atoms with Crippen molar-refractivity contribution in [2.24, 2.45) is 0 Å². The van der Waals surface area contributed by atoms with Crippen molar-refractivity contribution in [1.82, 2.24) is 15.0 Å². The fourth-order valence-corrected chi connectivity index (χ4v) is 3.12. The monoisotopic (exact) mass is 320 g/mol. The average molecular weight is 320 g/mol. The topological polar surface area (TPSA) is 71.2 Å². The highest BCUT2D eigenvalue weighted by atomic mass is 16.3. The van der Waals surface area contributed by atoms with E-state index in [1.165, 1.54) is 0 Å². The van der Waals surface area contributed by atoms with E-state index < -0.39 is 0 Å². The van der Waals surface area contributed by atoms with Gasteiger partial charge in [0, 0.05) is 12.1 Å². The normalized spacial score (nSPS) is 13.6. The Morgan fingerprint density at radius 2 is 2.04 bits per heavy atom. The third-order valence-corrected chi connectivity index (χ3v) is 4.22. The summed E-state index contributed by atoms with van der Waals surface area (Å²) >= 11 is 0. The van der Waals surface area contributed by atoms with Crippen molar-refractivity contribution in [3.63, 3.8) is 0 Å².